The molecule has 0 spiro atoms. The van der Waals surface area contributed by atoms with Crippen LogP contribution in [0.2, 0.25) is 0 Å². The van der Waals surface area contributed by atoms with Crippen LogP contribution in [-0.4, -0.2) is 25.4 Å². The molecule has 0 bridgehead atoms. The van der Waals surface area contributed by atoms with Gasteiger partial charge in [-0.2, -0.15) is 0 Å². The second kappa shape index (κ2) is 9.06. The summed E-state index contributed by atoms with van der Waals surface area (Å²) in [4.78, 5) is 12.5. The van der Waals surface area contributed by atoms with Gasteiger partial charge in [-0.1, -0.05) is 36.4 Å². The molecule has 4 aromatic rings. The first-order valence-electron chi connectivity index (χ1n) is 10.0. The van der Waals surface area contributed by atoms with E-state index in [9.17, 15) is 13.2 Å². The van der Waals surface area contributed by atoms with Crippen LogP contribution in [0.4, 0.5) is 5.69 Å². The lowest BCUT2D eigenvalue weighted by Crippen LogP contribution is -2.25. The summed E-state index contributed by atoms with van der Waals surface area (Å²) >= 11 is 0. The zero-order valence-electron chi connectivity index (χ0n) is 16.9. The molecule has 1 amide bonds. The zero-order valence-corrected chi connectivity index (χ0v) is 17.7. The third-order valence-electron chi connectivity index (χ3n) is 4.99. The Morgan fingerprint density at radius 1 is 0.839 bits per heavy atom. The van der Waals surface area contributed by atoms with Gasteiger partial charge in [0.25, 0.3) is 15.9 Å². The molecule has 0 atom stereocenters. The SMILES string of the molecule is O=C(NCCCn1ccc2ccccc21)c1ccc(S(=O)(=O)Nc2ccccc2)cc1. The van der Waals surface area contributed by atoms with E-state index in [1.807, 2.05) is 18.2 Å². The third kappa shape index (κ3) is 4.95. The van der Waals surface area contributed by atoms with Crippen molar-refractivity contribution < 1.29 is 13.2 Å². The maximum atomic E-state index is 12.5. The van der Waals surface area contributed by atoms with Crippen molar-refractivity contribution in [1.82, 2.24) is 9.88 Å². The van der Waals surface area contributed by atoms with Crippen LogP contribution in [0.5, 0.6) is 0 Å². The van der Waals surface area contributed by atoms with E-state index in [1.54, 1.807) is 24.3 Å². The van der Waals surface area contributed by atoms with Gasteiger partial charge < -0.3 is 9.88 Å². The number of sulfonamides is 1. The fourth-order valence-corrected chi connectivity index (χ4v) is 4.45. The van der Waals surface area contributed by atoms with Crippen LogP contribution in [0.1, 0.15) is 16.8 Å². The highest BCUT2D eigenvalue weighted by Crippen LogP contribution is 2.17. The van der Waals surface area contributed by atoms with E-state index in [-0.39, 0.29) is 10.8 Å². The summed E-state index contributed by atoms with van der Waals surface area (Å²) in [6, 6.07) is 24.9. The highest BCUT2D eigenvalue weighted by Gasteiger charge is 2.15. The normalized spacial score (nSPS) is 11.4. The number of hydrogen-bond donors (Lipinski definition) is 2. The molecular formula is C24H23N3O3S. The molecule has 7 heteroatoms. The Kier molecular flexibility index (Phi) is 6.04. The zero-order chi connectivity index (χ0) is 21.7. The van der Waals surface area contributed by atoms with Gasteiger partial charge in [0.2, 0.25) is 0 Å². The molecule has 0 unspecified atom stereocenters. The molecule has 3 aromatic carbocycles. The molecule has 0 saturated carbocycles. The molecular weight excluding hydrogens is 410 g/mol. The third-order valence-corrected chi connectivity index (χ3v) is 6.39. The number of amides is 1. The summed E-state index contributed by atoms with van der Waals surface area (Å²) in [7, 11) is -3.70. The Bertz CT molecular complexity index is 1280. The van der Waals surface area contributed by atoms with Crippen molar-refractivity contribution in [2.75, 3.05) is 11.3 Å². The number of nitrogens with zero attached hydrogens (tertiary/aromatic N) is 1. The van der Waals surface area contributed by atoms with E-state index < -0.39 is 10.0 Å². The molecule has 4 rings (SSSR count). The lowest BCUT2D eigenvalue weighted by Gasteiger charge is -2.09. The first kappa shape index (κ1) is 20.7. The van der Waals surface area contributed by atoms with Gasteiger partial charge in [0.15, 0.2) is 0 Å². The number of anilines is 1. The summed E-state index contributed by atoms with van der Waals surface area (Å²) in [5.74, 6) is -0.225. The minimum atomic E-state index is -3.70. The Hall–Kier alpha value is -3.58. The standard InChI is InChI=1S/C24H23N3O3S/c28-24(25-16-6-17-27-18-15-19-7-4-5-10-23(19)27)20-11-13-22(14-12-20)31(29,30)26-21-8-2-1-3-9-21/h1-5,7-15,18,26H,6,16-17H2,(H,25,28). The van der Waals surface area contributed by atoms with Crippen molar-refractivity contribution in [1.29, 1.82) is 0 Å². The molecule has 0 aliphatic heterocycles. The summed E-state index contributed by atoms with van der Waals surface area (Å²) in [5, 5.41) is 4.09. The number of carbonyl (C=O) groups is 1. The number of para-hydroxylation sites is 2. The van der Waals surface area contributed by atoms with E-state index in [0.29, 0.717) is 17.8 Å². The minimum Gasteiger partial charge on any atom is -0.352 e. The Balaban J connectivity index is 1.31. The quantitative estimate of drug-likeness (QED) is 0.408. The van der Waals surface area contributed by atoms with Gasteiger partial charge in [-0.3, -0.25) is 9.52 Å². The van der Waals surface area contributed by atoms with Crippen LogP contribution in [0.3, 0.4) is 0 Å². The molecule has 0 aliphatic rings. The van der Waals surface area contributed by atoms with Crippen molar-refractivity contribution in [3.8, 4) is 0 Å². The van der Waals surface area contributed by atoms with Gasteiger partial charge >= 0.3 is 0 Å². The lowest BCUT2D eigenvalue weighted by atomic mass is 10.2. The first-order valence-corrected chi connectivity index (χ1v) is 11.5. The molecule has 6 nitrogen and oxygen atoms in total. The number of benzene rings is 3. The summed E-state index contributed by atoms with van der Waals surface area (Å²) in [6.07, 6.45) is 2.84. The minimum absolute atomic E-state index is 0.104. The molecule has 0 fully saturated rings. The van der Waals surface area contributed by atoms with Gasteiger partial charge in [0, 0.05) is 36.1 Å². The van der Waals surface area contributed by atoms with Crippen LogP contribution in [-0.2, 0) is 16.6 Å². The number of carbonyl (C=O) groups excluding carboxylic acids is 1. The van der Waals surface area contributed by atoms with Crippen LogP contribution in [0.15, 0.2) is 96.0 Å². The molecule has 0 aliphatic carbocycles. The average molecular weight is 434 g/mol. The van der Waals surface area contributed by atoms with Crippen molar-refractivity contribution in [2.24, 2.45) is 0 Å². The van der Waals surface area contributed by atoms with E-state index in [0.717, 1.165) is 13.0 Å². The molecule has 2 N–H and O–H groups in total. The molecule has 0 saturated heterocycles. The van der Waals surface area contributed by atoms with Crippen molar-refractivity contribution in [3.63, 3.8) is 0 Å². The van der Waals surface area contributed by atoms with Gasteiger partial charge in [-0.15, -0.1) is 0 Å². The fourth-order valence-electron chi connectivity index (χ4n) is 3.39. The van der Waals surface area contributed by atoms with E-state index >= 15 is 0 Å². The number of rotatable bonds is 8. The number of aryl methyl sites for hydroxylation is 1. The van der Waals surface area contributed by atoms with E-state index in [2.05, 4.69) is 39.0 Å². The van der Waals surface area contributed by atoms with Crippen molar-refractivity contribution >= 4 is 32.5 Å². The summed E-state index contributed by atoms with van der Waals surface area (Å²) < 4.78 is 29.7. The van der Waals surface area contributed by atoms with Crippen LogP contribution in [0.25, 0.3) is 10.9 Å². The Labute approximate surface area is 181 Å². The molecule has 31 heavy (non-hydrogen) atoms. The first-order chi connectivity index (χ1) is 15.0. The Morgan fingerprint density at radius 2 is 1.55 bits per heavy atom. The van der Waals surface area contributed by atoms with Crippen molar-refractivity contribution in [3.05, 3.63) is 96.7 Å². The predicted octanol–water partition coefficient (Wildman–Crippen LogP) is 4.26. The number of nitrogens with one attached hydrogen (secondary N) is 2. The maximum absolute atomic E-state index is 12.5. The smallest absolute Gasteiger partial charge is 0.261 e. The largest absolute Gasteiger partial charge is 0.352 e. The highest BCUT2D eigenvalue weighted by atomic mass is 32.2. The van der Waals surface area contributed by atoms with Crippen LogP contribution in [0, 0.1) is 0 Å². The molecule has 1 heterocycles. The number of hydrogen-bond acceptors (Lipinski definition) is 3. The van der Waals surface area contributed by atoms with Gasteiger partial charge in [0.05, 0.1) is 4.90 Å². The predicted molar refractivity (Wildman–Crippen MR) is 123 cm³/mol. The fraction of sp³-hybridized carbons (Fsp3) is 0.125. The van der Waals surface area contributed by atoms with E-state index in [4.69, 9.17) is 0 Å². The van der Waals surface area contributed by atoms with Gasteiger partial charge in [-0.05, 0) is 60.3 Å². The number of aromatic nitrogens is 1. The van der Waals surface area contributed by atoms with Crippen LogP contribution >= 0.6 is 0 Å². The molecule has 158 valence electrons. The Morgan fingerprint density at radius 3 is 2.32 bits per heavy atom. The second-order valence-electron chi connectivity index (χ2n) is 7.17. The van der Waals surface area contributed by atoms with Crippen molar-refractivity contribution in [2.45, 2.75) is 17.9 Å². The summed E-state index contributed by atoms with van der Waals surface area (Å²) in [5.41, 5.74) is 2.08. The average Bonchev–Trinajstić information content (AvgIpc) is 3.20. The van der Waals surface area contributed by atoms with E-state index in [1.165, 1.54) is 35.2 Å². The van der Waals surface area contributed by atoms with Gasteiger partial charge in [0.1, 0.15) is 0 Å². The monoisotopic (exact) mass is 433 g/mol. The molecule has 0 radical (unpaired) electrons. The lowest BCUT2D eigenvalue weighted by molar-refractivity contribution is 0.0952. The topological polar surface area (TPSA) is 80.2 Å². The van der Waals surface area contributed by atoms with Crippen LogP contribution < -0.4 is 10.0 Å². The van der Waals surface area contributed by atoms with Gasteiger partial charge in [-0.25, -0.2) is 8.42 Å². The maximum Gasteiger partial charge on any atom is 0.261 e. The molecule has 1 aromatic heterocycles. The summed E-state index contributed by atoms with van der Waals surface area (Å²) in [6.45, 7) is 1.33. The number of fused-ring (bicyclic) bond motifs is 1. The second-order valence-corrected chi connectivity index (χ2v) is 8.86. The highest BCUT2D eigenvalue weighted by molar-refractivity contribution is 7.92.